The van der Waals surface area contributed by atoms with E-state index in [4.69, 9.17) is 15.9 Å². The molecule has 1 amide bonds. The second kappa shape index (κ2) is 7.02. The molecule has 0 aliphatic heterocycles. The molecule has 0 aliphatic rings. The van der Waals surface area contributed by atoms with Crippen LogP contribution in [0.5, 0.6) is 0 Å². The van der Waals surface area contributed by atoms with E-state index in [9.17, 15) is 14.4 Å². The van der Waals surface area contributed by atoms with Crippen LogP contribution in [0.25, 0.3) is 0 Å². The van der Waals surface area contributed by atoms with E-state index in [2.05, 4.69) is 5.32 Å². The van der Waals surface area contributed by atoms with Gasteiger partial charge in [0.15, 0.2) is 0 Å². The Hall–Kier alpha value is -1.34. The van der Waals surface area contributed by atoms with E-state index in [0.717, 1.165) is 0 Å². The molecule has 0 aromatic heterocycles. The maximum absolute atomic E-state index is 11.0. The van der Waals surface area contributed by atoms with Crippen LogP contribution in [-0.4, -0.2) is 40.1 Å². The standard InChI is InChI=1S/C7H12N2O5.ClH/c1-3(7(13)14)9-6(12)4(8)2-5(10)11;/h3-4H,2,8H2,1H3,(H,9,12)(H,10,11)(H,13,14);1H/t3-,4-;/m0./s1. The van der Waals surface area contributed by atoms with Crippen molar-refractivity contribution in [1.29, 1.82) is 0 Å². The number of nitrogens with one attached hydrogen (secondary N) is 1. The van der Waals surface area contributed by atoms with E-state index < -0.39 is 36.4 Å². The van der Waals surface area contributed by atoms with Crippen molar-refractivity contribution in [3.63, 3.8) is 0 Å². The van der Waals surface area contributed by atoms with Crippen LogP contribution in [0.4, 0.5) is 0 Å². The number of halogens is 1. The molecule has 0 aliphatic carbocycles. The summed E-state index contributed by atoms with van der Waals surface area (Å²) in [5.41, 5.74) is 5.18. The van der Waals surface area contributed by atoms with E-state index in [1.165, 1.54) is 6.92 Å². The van der Waals surface area contributed by atoms with Crippen LogP contribution in [0.15, 0.2) is 0 Å². The summed E-state index contributed by atoms with van der Waals surface area (Å²) in [4.78, 5) is 31.5. The second-order valence-electron chi connectivity index (χ2n) is 2.77. The summed E-state index contributed by atoms with van der Waals surface area (Å²) in [5.74, 6) is -3.21. The lowest BCUT2D eigenvalue weighted by molar-refractivity contribution is -0.142. The molecule has 0 aromatic carbocycles. The monoisotopic (exact) mass is 240 g/mol. The third kappa shape index (κ3) is 6.69. The number of hydrogen-bond donors (Lipinski definition) is 4. The van der Waals surface area contributed by atoms with Crippen LogP contribution in [0, 0.1) is 0 Å². The SMILES string of the molecule is C[C@H](NC(=O)[C@@H](N)CC(=O)O)C(=O)O.Cl. The largest absolute Gasteiger partial charge is 0.481 e. The van der Waals surface area contributed by atoms with Crippen molar-refractivity contribution in [2.24, 2.45) is 5.73 Å². The summed E-state index contributed by atoms with van der Waals surface area (Å²) in [6, 6.07) is -2.31. The van der Waals surface area contributed by atoms with Gasteiger partial charge in [0.1, 0.15) is 6.04 Å². The third-order valence-electron chi connectivity index (χ3n) is 1.46. The Bertz CT molecular complexity index is 258. The van der Waals surface area contributed by atoms with Crippen LogP contribution >= 0.6 is 12.4 Å². The minimum Gasteiger partial charge on any atom is -0.481 e. The fourth-order valence-corrected chi connectivity index (χ4v) is 0.663. The number of carboxylic acids is 2. The fourth-order valence-electron chi connectivity index (χ4n) is 0.663. The highest BCUT2D eigenvalue weighted by atomic mass is 35.5. The molecule has 0 heterocycles. The predicted octanol–water partition coefficient (Wildman–Crippen LogP) is -1.20. The van der Waals surface area contributed by atoms with Crippen LogP contribution < -0.4 is 11.1 Å². The van der Waals surface area contributed by atoms with Crippen molar-refractivity contribution >= 4 is 30.3 Å². The van der Waals surface area contributed by atoms with E-state index in [1.54, 1.807) is 0 Å². The number of nitrogens with two attached hydrogens (primary N) is 1. The minimum atomic E-state index is -1.23. The van der Waals surface area contributed by atoms with E-state index >= 15 is 0 Å². The van der Waals surface area contributed by atoms with E-state index in [-0.39, 0.29) is 12.4 Å². The molecule has 0 rings (SSSR count). The molecule has 0 radical (unpaired) electrons. The third-order valence-corrected chi connectivity index (χ3v) is 1.46. The number of rotatable bonds is 5. The van der Waals surface area contributed by atoms with Gasteiger partial charge in [-0.25, -0.2) is 0 Å². The second-order valence-corrected chi connectivity index (χ2v) is 2.77. The van der Waals surface area contributed by atoms with Gasteiger partial charge in [0.2, 0.25) is 5.91 Å². The molecule has 0 aromatic rings. The van der Waals surface area contributed by atoms with Gasteiger partial charge in [-0.2, -0.15) is 0 Å². The Balaban J connectivity index is 0. The number of carboxylic acid groups (broad SMARTS) is 2. The van der Waals surface area contributed by atoms with Crippen molar-refractivity contribution in [2.45, 2.75) is 25.4 Å². The highest BCUT2D eigenvalue weighted by Crippen LogP contribution is 1.90. The number of aliphatic carboxylic acids is 2. The normalized spacial score (nSPS) is 13.2. The van der Waals surface area contributed by atoms with Gasteiger partial charge in [0.05, 0.1) is 12.5 Å². The molecule has 8 heteroatoms. The number of hydrogen-bond acceptors (Lipinski definition) is 4. The molecule has 5 N–H and O–H groups in total. The molecule has 0 saturated carbocycles. The van der Waals surface area contributed by atoms with Gasteiger partial charge in [-0.15, -0.1) is 12.4 Å². The molecule has 15 heavy (non-hydrogen) atoms. The predicted molar refractivity (Wildman–Crippen MR) is 52.7 cm³/mol. The molecule has 7 nitrogen and oxygen atoms in total. The first-order valence-corrected chi connectivity index (χ1v) is 3.85. The van der Waals surface area contributed by atoms with Gasteiger partial charge in [0.25, 0.3) is 0 Å². The lowest BCUT2D eigenvalue weighted by atomic mass is 10.2. The zero-order valence-electron chi connectivity index (χ0n) is 7.97. The summed E-state index contributed by atoms with van der Waals surface area (Å²) in [7, 11) is 0. The van der Waals surface area contributed by atoms with Crippen molar-refractivity contribution in [3.05, 3.63) is 0 Å². The van der Waals surface area contributed by atoms with Gasteiger partial charge in [-0.3, -0.25) is 14.4 Å². The van der Waals surface area contributed by atoms with Crippen molar-refractivity contribution in [2.75, 3.05) is 0 Å². The summed E-state index contributed by atoms with van der Waals surface area (Å²) in [6.45, 7) is 1.26. The average molecular weight is 241 g/mol. The van der Waals surface area contributed by atoms with Gasteiger partial charge in [-0.05, 0) is 6.92 Å². The first-order chi connectivity index (χ1) is 6.34. The molecule has 2 atom stereocenters. The summed E-state index contributed by atoms with van der Waals surface area (Å²) < 4.78 is 0. The summed E-state index contributed by atoms with van der Waals surface area (Å²) in [5, 5.41) is 18.8. The van der Waals surface area contributed by atoms with Crippen LogP contribution in [0.3, 0.4) is 0 Å². The van der Waals surface area contributed by atoms with Crippen molar-refractivity contribution in [1.82, 2.24) is 5.32 Å². The smallest absolute Gasteiger partial charge is 0.325 e. The molecule has 0 saturated heterocycles. The molecule has 0 unspecified atom stereocenters. The molecule has 0 bridgehead atoms. The Morgan fingerprint density at radius 2 is 1.80 bits per heavy atom. The van der Waals surface area contributed by atoms with Gasteiger partial charge >= 0.3 is 11.9 Å². The quantitative estimate of drug-likeness (QED) is 0.478. The first-order valence-electron chi connectivity index (χ1n) is 3.85. The van der Waals surface area contributed by atoms with Crippen molar-refractivity contribution in [3.8, 4) is 0 Å². The Morgan fingerprint density at radius 3 is 2.13 bits per heavy atom. The van der Waals surface area contributed by atoms with E-state index in [0.29, 0.717) is 0 Å². The zero-order chi connectivity index (χ0) is 11.3. The first kappa shape index (κ1) is 16.1. The Kier molecular flexibility index (Phi) is 7.53. The lowest BCUT2D eigenvalue weighted by Crippen LogP contribution is -2.47. The summed E-state index contributed by atoms with van der Waals surface area (Å²) in [6.07, 6.45) is -0.530. The van der Waals surface area contributed by atoms with Crippen LogP contribution in [0.2, 0.25) is 0 Å². The van der Waals surface area contributed by atoms with Gasteiger partial charge in [-0.1, -0.05) is 0 Å². The topological polar surface area (TPSA) is 130 Å². The maximum atomic E-state index is 11.0. The van der Waals surface area contributed by atoms with Gasteiger partial charge in [0, 0.05) is 0 Å². The number of carbonyl (C=O) groups excluding carboxylic acids is 1. The molecule has 0 fully saturated rings. The molecular formula is C7H13ClN2O5. The van der Waals surface area contributed by atoms with Crippen LogP contribution in [0.1, 0.15) is 13.3 Å². The van der Waals surface area contributed by atoms with Crippen LogP contribution in [-0.2, 0) is 14.4 Å². The highest BCUT2D eigenvalue weighted by molar-refractivity contribution is 5.89. The van der Waals surface area contributed by atoms with Gasteiger partial charge < -0.3 is 21.3 Å². The Morgan fingerprint density at radius 1 is 1.33 bits per heavy atom. The molecule has 88 valence electrons. The molecule has 0 spiro atoms. The highest BCUT2D eigenvalue weighted by Gasteiger charge is 2.21. The van der Waals surface area contributed by atoms with E-state index in [1.807, 2.05) is 0 Å². The number of amides is 1. The Labute approximate surface area is 92.0 Å². The number of carbonyl (C=O) groups is 3. The lowest BCUT2D eigenvalue weighted by Gasteiger charge is -2.12. The average Bonchev–Trinajstić information content (AvgIpc) is 2.02. The zero-order valence-corrected chi connectivity index (χ0v) is 8.78. The molecular weight excluding hydrogens is 228 g/mol. The summed E-state index contributed by atoms with van der Waals surface area (Å²) >= 11 is 0. The fraction of sp³-hybridized carbons (Fsp3) is 0.571. The maximum Gasteiger partial charge on any atom is 0.325 e. The van der Waals surface area contributed by atoms with Crippen molar-refractivity contribution < 1.29 is 24.6 Å². The minimum absolute atomic E-state index is 0.